The molecule has 0 amide bonds. The van der Waals surface area contributed by atoms with Gasteiger partial charge in [-0.25, -0.2) is 0 Å². The molecule has 0 atom stereocenters. The summed E-state index contributed by atoms with van der Waals surface area (Å²) in [6.45, 7) is 14.0. The maximum atomic E-state index is 11.0. The molecule has 10 rings (SSSR count). The molecule has 0 aliphatic carbocycles. The minimum atomic E-state index is -0.251. The van der Waals surface area contributed by atoms with Gasteiger partial charge in [-0.3, -0.25) is 0 Å². The minimum absolute atomic E-state index is 0.246. The van der Waals surface area contributed by atoms with E-state index in [9.17, 15) is 5.26 Å². The van der Waals surface area contributed by atoms with Crippen molar-refractivity contribution >= 4 is 51.2 Å². The van der Waals surface area contributed by atoms with Gasteiger partial charge in [0.25, 0.3) is 0 Å². The molecule has 0 radical (unpaired) electrons. The number of fused-ring (bicyclic) bond motifs is 6. The van der Waals surface area contributed by atoms with E-state index < -0.39 is 0 Å². The molecule has 7 aromatic carbocycles. The molecule has 0 fully saturated rings. The van der Waals surface area contributed by atoms with Crippen molar-refractivity contribution in [1.82, 2.24) is 0 Å². The van der Waals surface area contributed by atoms with Gasteiger partial charge in [-0.15, -0.1) is 0 Å². The molecular weight excluding hydrogens is 681 g/mol. The highest BCUT2D eigenvalue weighted by Crippen LogP contribution is 2.62. The van der Waals surface area contributed by atoms with Crippen LogP contribution in [0, 0.1) is 11.3 Å². The lowest BCUT2D eigenvalue weighted by atomic mass is 9.72. The van der Waals surface area contributed by atoms with Crippen LogP contribution in [-0.2, 0) is 16.2 Å². The number of para-hydroxylation sites is 6. The van der Waals surface area contributed by atoms with Gasteiger partial charge in [-0.1, -0.05) is 151 Å². The van der Waals surface area contributed by atoms with Gasteiger partial charge in [0.2, 0.25) is 0 Å². The van der Waals surface area contributed by atoms with Crippen molar-refractivity contribution in [1.29, 1.82) is 5.26 Å². The summed E-state index contributed by atoms with van der Waals surface area (Å²) in [5, 5.41) is 11.0. The summed E-state index contributed by atoms with van der Waals surface area (Å²) in [5.74, 6) is 0. The van der Waals surface area contributed by atoms with Crippen molar-refractivity contribution < 1.29 is 0 Å². The van der Waals surface area contributed by atoms with Crippen LogP contribution >= 0.6 is 0 Å². The molecule has 7 aromatic rings. The second-order valence-electron chi connectivity index (χ2n) is 17.0. The van der Waals surface area contributed by atoms with E-state index in [2.05, 4.69) is 220 Å². The van der Waals surface area contributed by atoms with E-state index >= 15 is 0 Å². The number of rotatable bonds is 3. The van der Waals surface area contributed by atoms with Gasteiger partial charge in [-0.2, -0.15) is 5.26 Å². The molecule has 0 bridgehead atoms. The Kier molecular flexibility index (Phi) is 7.25. The zero-order chi connectivity index (χ0) is 38.6. The lowest BCUT2D eigenvalue weighted by Crippen LogP contribution is -2.35. The lowest BCUT2D eigenvalue weighted by Gasteiger charge is -2.48. The monoisotopic (exact) mass is 724 g/mol. The molecule has 0 aromatic heterocycles. The van der Waals surface area contributed by atoms with Crippen LogP contribution in [-0.4, -0.2) is 0 Å². The Labute approximate surface area is 330 Å². The Bertz CT molecular complexity index is 2510. The van der Waals surface area contributed by atoms with E-state index in [-0.39, 0.29) is 16.2 Å². The maximum Gasteiger partial charge on any atom is 0.0993 e. The van der Waals surface area contributed by atoms with Gasteiger partial charge >= 0.3 is 0 Å². The quantitative estimate of drug-likeness (QED) is 0.182. The minimum Gasteiger partial charge on any atom is -0.308 e. The van der Waals surface area contributed by atoms with Crippen LogP contribution in [0.25, 0.3) is 0 Å². The molecular formula is C52H44N4. The topological polar surface area (TPSA) is 33.5 Å². The number of benzene rings is 7. The molecule has 0 saturated carbocycles. The smallest absolute Gasteiger partial charge is 0.0993 e. The van der Waals surface area contributed by atoms with E-state index in [1.807, 2.05) is 0 Å². The molecule has 4 heteroatoms. The van der Waals surface area contributed by atoms with E-state index in [4.69, 9.17) is 0 Å². The summed E-state index contributed by atoms with van der Waals surface area (Å²) in [6.07, 6.45) is 0. The first-order chi connectivity index (χ1) is 27.0. The molecule has 4 nitrogen and oxygen atoms in total. The number of anilines is 9. The van der Waals surface area contributed by atoms with Crippen molar-refractivity contribution in [2.75, 3.05) is 14.7 Å². The van der Waals surface area contributed by atoms with Gasteiger partial charge in [-0.05, 0) is 81.9 Å². The highest BCUT2D eigenvalue weighted by molar-refractivity contribution is 6.05. The maximum absolute atomic E-state index is 11.0. The van der Waals surface area contributed by atoms with Gasteiger partial charge < -0.3 is 14.7 Å². The summed E-state index contributed by atoms with van der Waals surface area (Å²) >= 11 is 0. The zero-order valence-electron chi connectivity index (χ0n) is 32.8. The fraction of sp³-hybridized carbons (Fsp3) is 0.173. The van der Waals surface area contributed by atoms with E-state index in [1.165, 1.54) is 33.4 Å². The average Bonchev–Trinajstić information content (AvgIpc) is 3.22. The van der Waals surface area contributed by atoms with Crippen molar-refractivity contribution in [3.8, 4) is 6.07 Å². The summed E-state index contributed by atoms with van der Waals surface area (Å²) in [5.41, 5.74) is 16.9. The van der Waals surface area contributed by atoms with Gasteiger partial charge in [0.05, 0.1) is 62.8 Å². The SMILES string of the molecule is CC1(C)c2ccccc2N(c2cc(C#N)cc(N3c4ccccc4C(C)(C)c4ccccc43)c2N2c3ccccc3C(C)(C)c3ccccc32)c2ccccc21. The Balaban J connectivity index is 1.40. The van der Waals surface area contributed by atoms with Crippen LogP contribution in [0.5, 0.6) is 0 Å². The summed E-state index contributed by atoms with van der Waals surface area (Å²) < 4.78 is 0. The molecule has 0 saturated heterocycles. The molecule has 0 spiro atoms. The van der Waals surface area contributed by atoms with Crippen LogP contribution in [0.1, 0.15) is 80.5 Å². The van der Waals surface area contributed by atoms with Gasteiger partial charge in [0.15, 0.2) is 0 Å². The number of nitriles is 1. The number of hydrogen-bond acceptors (Lipinski definition) is 4. The molecule has 272 valence electrons. The first kappa shape index (κ1) is 34.0. The predicted octanol–water partition coefficient (Wildman–Crippen LogP) is 13.9. The molecule has 56 heavy (non-hydrogen) atoms. The van der Waals surface area contributed by atoms with Crippen LogP contribution in [0.15, 0.2) is 158 Å². The molecule has 0 N–H and O–H groups in total. The highest BCUT2D eigenvalue weighted by Gasteiger charge is 2.44. The van der Waals surface area contributed by atoms with Crippen LogP contribution in [0.3, 0.4) is 0 Å². The zero-order valence-corrected chi connectivity index (χ0v) is 32.8. The fourth-order valence-electron chi connectivity index (χ4n) is 10.0. The predicted molar refractivity (Wildman–Crippen MR) is 232 cm³/mol. The standard InChI is InChI=1S/C52H44N4/c1-50(2)35-19-7-13-25-41(35)54(42-26-14-8-20-36(42)50)47-31-34(33-53)32-48(55-43-27-15-9-21-37(43)51(3,4)38-22-10-16-28-44(38)55)49(47)56-45-29-17-11-23-39(45)52(5,6)40-24-12-18-30-46(40)56/h7-32H,1-6H3. The van der Waals surface area contributed by atoms with Crippen molar-refractivity contribution in [3.63, 3.8) is 0 Å². The second kappa shape index (κ2) is 12.0. The normalized spacial score (nSPS) is 16.3. The summed E-state index contributed by atoms with van der Waals surface area (Å²) in [6, 6.07) is 59.7. The first-order valence-corrected chi connectivity index (χ1v) is 19.6. The van der Waals surface area contributed by atoms with Crippen molar-refractivity contribution in [3.05, 3.63) is 197 Å². The van der Waals surface area contributed by atoms with Gasteiger partial charge in [0.1, 0.15) is 0 Å². The fourth-order valence-corrected chi connectivity index (χ4v) is 10.0. The summed E-state index contributed by atoms with van der Waals surface area (Å²) in [7, 11) is 0. The lowest BCUT2D eigenvalue weighted by molar-refractivity contribution is 0.629. The van der Waals surface area contributed by atoms with E-state index in [1.54, 1.807) is 0 Å². The first-order valence-electron chi connectivity index (χ1n) is 19.6. The third-order valence-corrected chi connectivity index (χ3v) is 12.8. The Morgan fingerprint density at radius 3 is 0.821 bits per heavy atom. The van der Waals surface area contributed by atoms with Crippen LogP contribution < -0.4 is 14.7 Å². The third-order valence-electron chi connectivity index (χ3n) is 12.8. The van der Waals surface area contributed by atoms with E-state index in [0.29, 0.717) is 5.56 Å². The molecule has 0 unspecified atom stereocenters. The Morgan fingerprint density at radius 1 is 0.339 bits per heavy atom. The molecule has 3 aliphatic rings. The molecule has 3 aliphatic heterocycles. The number of hydrogen-bond donors (Lipinski definition) is 0. The molecule has 3 heterocycles. The third kappa shape index (κ3) is 4.58. The van der Waals surface area contributed by atoms with Crippen LogP contribution in [0.2, 0.25) is 0 Å². The Morgan fingerprint density at radius 2 is 0.571 bits per heavy atom. The van der Waals surface area contributed by atoms with Crippen molar-refractivity contribution in [2.24, 2.45) is 0 Å². The highest BCUT2D eigenvalue weighted by atomic mass is 15.3. The average molecular weight is 725 g/mol. The van der Waals surface area contributed by atoms with Crippen LogP contribution in [0.4, 0.5) is 51.2 Å². The van der Waals surface area contributed by atoms with Gasteiger partial charge in [0, 0.05) is 16.2 Å². The van der Waals surface area contributed by atoms with E-state index in [0.717, 1.165) is 51.2 Å². The number of nitrogens with zero attached hydrogens (tertiary/aromatic N) is 4. The Hall–Kier alpha value is -6.57. The van der Waals surface area contributed by atoms with Crippen molar-refractivity contribution in [2.45, 2.75) is 57.8 Å². The largest absolute Gasteiger partial charge is 0.308 e. The summed E-state index contributed by atoms with van der Waals surface area (Å²) in [4.78, 5) is 7.33. The second-order valence-corrected chi connectivity index (χ2v) is 17.0.